The summed E-state index contributed by atoms with van der Waals surface area (Å²) in [5.41, 5.74) is 2.14. The van der Waals surface area contributed by atoms with E-state index in [-0.39, 0.29) is 11.6 Å². The van der Waals surface area contributed by atoms with E-state index in [2.05, 4.69) is 5.10 Å². The Morgan fingerprint density at radius 2 is 2.05 bits per heavy atom. The fourth-order valence-electron chi connectivity index (χ4n) is 2.00. The molecule has 0 amide bonds. The SMILES string of the molecule is CC(C)c1cc(C(=O)O)nn1C/C=C/c1ccccc1. The van der Waals surface area contributed by atoms with Crippen LogP contribution in [0.1, 0.15) is 41.5 Å². The molecule has 0 saturated carbocycles. The molecule has 0 aliphatic carbocycles. The van der Waals surface area contributed by atoms with Crippen molar-refractivity contribution in [3.05, 3.63) is 59.4 Å². The van der Waals surface area contributed by atoms with E-state index >= 15 is 0 Å². The number of rotatable bonds is 5. The smallest absolute Gasteiger partial charge is 0.356 e. The lowest BCUT2D eigenvalue weighted by molar-refractivity contribution is 0.0689. The van der Waals surface area contributed by atoms with Gasteiger partial charge in [-0.1, -0.05) is 56.3 Å². The third kappa shape index (κ3) is 3.35. The Kier molecular flexibility index (Phi) is 4.35. The molecule has 20 heavy (non-hydrogen) atoms. The summed E-state index contributed by atoms with van der Waals surface area (Å²) in [6.45, 7) is 4.62. The predicted octanol–water partition coefficient (Wildman–Crippen LogP) is 3.42. The van der Waals surface area contributed by atoms with E-state index in [1.807, 2.05) is 56.3 Å². The van der Waals surface area contributed by atoms with Crippen LogP contribution in [0.2, 0.25) is 0 Å². The molecule has 0 spiro atoms. The van der Waals surface area contributed by atoms with Gasteiger partial charge < -0.3 is 5.11 Å². The minimum atomic E-state index is -0.988. The Balaban J connectivity index is 2.16. The first kappa shape index (κ1) is 14.1. The van der Waals surface area contributed by atoms with Gasteiger partial charge in [0.1, 0.15) is 0 Å². The van der Waals surface area contributed by atoms with Crippen molar-refractivity contribution in [1.29, 1.82) is 0 Å². The van der Waals surface area contributed by atoms with E-state index < -0.39 is 5.97 Å². The average Bonchev–Trinajstić information content (AvgIpc) is 2.84. The quantitative estimate of drug-likeness (QED) is 0.905. The molecule has 0 unspecified atom stereocenters. The molecule has 0 fully saturated rings. The number of allylic oxidation sites excluding steroid dienone is 1. The lowest BCUT2D eigenvalue weighted by Gasteiger charge is -2.07. The Morgan fingerprint density at radius 3 is 2.65 bits per heavy atom. The third-order valence-corrected chi connectivity index (χ3v) is 3.01. The van der Waals surface area contributed by atoms with Crippen molar-refractivity contribution in [2.45, 2.75) is 26.3 Å². The Hall–Kier alpha value is -2.36. The highest BCUT2D eigenvalue weighted by molar-refractivity contribution is 5.85. The largest absolute Gasteiger partial charge is 0.476 e. The highest BCUT2D eigenvalue weighted by atomic mass is 16.4. The molecule has 1 heterocycles. The van der Waals surface area contributed by atoms with Crippen LogP contribution in [-0.4, -0.2) is 20.9 Å². The Bertz CT molecular complexity index is 613. The summed E-state index contributed by atoms with van der Waals surface area (Å²) in [5.74, 6) is -0.751. The molecule has 2 aromatic rings. The van der Waals surface area contributed by atoms with E-state index in [1.165, 1.54) is 0 Å². The number of benzene rings is 1. The van der Waals surface area contributed by atoms with Crippen molar-refractivity contribution in [1.82, 2.24) is 9.78 Å². The number of carboxylic acid groups (broad SMARTS) is 1. The van der Waals surface area contributed by atoms with Crippen molar-refractivity contribution >= 4 is 12.0 Å². The zero-order valence-corrected chi connectivity index (χ0v) is 11.7. The summed E-state index contributed by atoms with van der Waals surface area (Å²) in [6, 6.07) is 11.6. The number of hydrogen-bond donors (Lipinski definition) is 1. The second kappa shape index (κ2) is 6.19. The van der Waals surface area contributed by atoms with Crippen LogP contribution in [-0.2, 0) is 6.54 Å². The molecule has 0 aliphatic heterocycles. The second-order valence-corrected chi connectivity index (χ2v) is 4.91. The maximum Gasteiger partial charge on any atom is 0.356 e. The van der Waals surface area contributed by atoms with Crippen LogP contribution in [0.4, 0.5) is 0 Å². The topological polar surface area (TPSA) is 55.1 Å². The van der Waals surface area contributed by atoms with E-state index in [1.54, 1.807) is 10.7 Å². The highest BCUT2D eigenvalue weighted by Gasteiger charge is 2.14. The Labute approximate surface area is 118 Å². The molecule has 0 saturated heterocycles. The van der Waals surface area contributed by atoms with Crippen molar-refractivity contribution in [2.24, 2.45) is 0 Å². The number of aromatic nitrogens is 2. The first-order chi connectivity index (χ1) is 9.58. The van der Waals surface area contributed by atoms with Gasteiger partial charge in [-0.25, -0.2) is 4.79 Å². The lowest BCUT2D eigenvalue weighted by Crippen LogP contribution is -2.05. The first-order valence-electron chi connectivity index (χ1n) is 6.60. The van der Waals surface area contributed by atoms with Crippen LogP contribution < -0.4 is 0 Å². The van der Waals surface area contributed by atoms with Gasteiger partial charge in [-0.2, -0.15) is 5.10 Å². The molecule has 0 bridgehead atoms. The molecular weight excluding hydrogens is 252 g/mol. The fourth-order valence-corrected chi connectivity index (χ4v) is 2.00. The van der Waals surface area contributed by atoms with Crippen LogP contribution in [0.5, 0.6) is 0 Å². The zero-order chi connectivity index (χ0) is 14.5. The van der Waals surface area contributed by atoms with Crippen LogP contribution in [0.3, 0.4) is 0 Å². The van der Waals surface area contributed by atoms with Gasteiger partial charge in [0.2, 0.25) is 0 Å². The van der Waals surface area contributed by atoms with Gasteiger partial charge in [-0.15, -0.1) is 0 Å². The van der Waals surface area contributed by atoms with Crippen LogP contribution in [0.15, 0.2) is 42.5 Å². The zero-order valence-electron chi connectivity index (χ0n) is 11.7. The number of aromatic carboxylic acids is 1. The number of hydrogen-bond acceptors (Lipinski definition) is 2. The standard InChI is InChI=1S/C16H18N2O2/c1-12(2)15-11-14(16(19)20)17-18(15)10-6-9-13-7-4-3-5-8-13/h3-9,11-12H,10H2,1-2H3,(H,19,20)/b9-6+. The van der Waals surface area contributed by atoms with Gasteiger partial charge in [0.15, 0.2) is 5.69 Å². The van der Waals surface area contributed by atoms with Gasteiger partial charge in [-0.05, 0) is 17.5 Å². The molecular formula is C16H18N2O2. The van der Waals surface area contributed by atoms with E-state index in [9.17, 15) is 4.79 Å². The third-order valence-electron chi connectivity index (χ3n) is 3.01. The molecule has 1 aromatic carbocycles. The first-order valence-corrected chi connectivity index (χ1v) is 6.60. The van der Waals surface area contributed by atoms with Gasteiger partial charge in [0.25, 0.3) is 0 Å². The van der Waals surface area contributed by atoms with Crippen LogP contribution in [0.25, 0.3) is 6.08 Å². The van der Waals surface area contributed by atoms with Gasteiger partial charge in [0.05, 0.1) is 6.54 Å². The minimum Gasteiger partial charge on any atom is -0.476 e. The molecule has 2 rings (SSSR count). The van der Waals surface area contributed by atoms with Gasteiger partial charge >= 0.3 is 5.97 Å². The Morgan fingerprint density at radius 1 is 1.35 bits per heavy atom. The second-order valence-electron chi connectivity index (χ2n) is 4.91. The monoisotopic (exact) mass is 270 g/mol. The van der Waals surface area contributed by atoms with Crippen molar-refractivity contribution in [2.75, 3.05) is 0 Å². The summed E-state index contributed by atoms with van der Waals surface area (Å²) >= 11 is 0. The molecule has 4 heteroatoms. The molecule has 0 aliphatic rings. The van der Waals surface area contributed by atoms with Gasteiger partial charge in [0, 0.05) is 5.69 Å². The summed E-state index contributed by atoms with van der Waals surface area (Å²) in [5, 5.41) is 13.1. The number of carboxylic acids is 1. The normalized spacial score (nSPS) is 11.3. The lowest BCUT2D eigenvalue weighted by atomic mass is 10.1. The molecule has 1 N–H and O–H groups in total. The number of nitrogens with zero attached hydrogens (tertiary/aromatic N) is 2. The molecule has 1 aromatic heterocycles. The van der Waals surface area contributed by atoms with Crippen molar-refractivity contribution in [3.63, 3.8) is 0 Å². The van der Waals surface area contributed by atoms with Crippen molar-refractivity contribution < 1.29 is 9.90 Å². The van der Waals surface area contributed by atoms with Crippen molar-refractivity contribution in [3.8, 4) is 0 Å². The predicted molar refractivity (Wildman–Crippen MR) is 78.8 cm³/mol. The minimum absolute atomic E-state index is 0.0989. The summed E-state index contributed by atoms with van der Waals surface area (Å²) in [4.78, 5) is 11.0. The number of carbonyl (C=O) groups is 1. The van der Waals surface area contributed by atoms with Crippen LogP contribution >= 0.6 is 0 Å². The molecule has 104 valence electrons. The average molecular weight is 270 g/mol. The van der Waals surface area contributed by atoms with Crippen LogP contribution in [0, 0.1) is 0 Å². The fraction of sp³-hybridized carbons (Fsp3) is 0.250. The highest BCUT2D eigenvalue weighted by Crippen LogP contribution is 2.16. The summed E-state index contributed by atoms with van der Waals surface area (Å²) < 4.78 is 1.74. The van der Waals surface area contributed by atoms with E-state index in [4.69, 9.17) is 5.11 Å². The van der Waals surface area contributed by atoms with E-state index in [0.717, 1.165) is 11.3 Å². The molecule has 0 atom stereocenters. The summed E-state index contributed by atoms with van der Waals surface area (Å²) in [6.07, 6.45) is 3.99. The summed E-state index contributed by atoms with van der Waals surface area (Å²) in [7, 11) is 0. The maximum absolute atomic E-state index is 11.0. The van der Waals surface area contributed by atoms with E-state index in [0.29, 0.717) is 6.54 Å². The molecule has 0 radical (unpaired) electrons. The maximum atomic E-state index is 11.0. The molecule has 4 nitrogen and oxygen atoms in total. The van der Waals surface area contributed by atoms with Gasteiger partial charge in [-0.3, -0.25) is 4.68 Å².